The second-order valence-electron chi connectivity index (χ2n) is 20.7. The first-order valence-corrected chi connectivity index (χ1v) is 27.6. The highest BCUT2D eigenvalue weighted by Gasteiger charge is 2.41. The lowest BCUT2D eigenvalue weighted by atomic mass is 9.82. The van der Waals surface area contributed by atoms with E-state index in [1.807, 2.05) is 105 Å². The van der Waals surface area contributed by atoms with Crippen LogP contribution in [0.2, 0.25) is 0 Å². The van der Waals surface area contributed by atoms with Gasteiger partial charge in [-0.2, -0.15) is 0 Å². The molecule has 0 spiro atoms. The predicted molar refractivity (Wildman–Crippen MR) is 277 cm³/mol. The van der Waals surface area contributed by atoms with Crippen molar-refractivity contribution in [2.75, 3.05) is 53.7 Å². The molecule has 9 unspecified atom stereocenters. The quantitative estimate of drug-likeness (QED) is 0.0715. The number of nitrogens with zero attached hydrogens (tertiary/aromatic N) is 3. The van der Waals surface area contributed by atoms with Crippen molar-refractivity contribution < 1.29 is 47.0 Å². The van der Waals surface area contributed by atoms with Crippen molar-refractivity contribution >= 4 is 39.3 Å². The summed E-state index contributed by atoms with van der Waals surface area (Å²) in [6.07, 6.45) is 4.49. The smallest absolute Gasteiger partial charge is 0.303 e. The molecule has 2 aromatic carbocycles. The van der Waals surface area contributed by atoms with Gasteiger partial charge in [-0.15, -0.1) is 0 Å². The number of likely N-dealkylation sites (tertiary alicyclic amines) is 1. The molecule has 3 rings (SSSR count). The van der Waals surface area contributed by atoms with E-state index in [4.69, 9.17) is 14.6 Å². The number of methoxy groups -OCH3 is 2. The number of likely N-dealkylation sites (N-methyl/N-ethyl adjacent to an activating group) is 2. The molecule has 15 heteroatoms. The average Bonchev–Trinajstić information content (AvgIpc) is 3.80. The van der Waals surface area contributed by atoms with E-state index in [0.29, 0.717) is 58.2 Å². The van der Waals surface area contributed by atoms with Crippen LogP contribution in [-0.2, 0) is 55.5 Å². The number of nitrogens with one attached hydrogen (secondary N) is 1. The van der Waals surface area contributed by atoms with Gasteiger partial charge >= 0.3 is 5.97 Å². The van der Waals surface area contributed by atoms with E-state index in [0.717, 1.165) is 24.0 Å². The van der Waals surface area contributed by atoms with Gasteiger partial charge in [0.25, 0.3) is 0 Å². The number of benzene rings is 2. The van der Waals surface area contributed by atoms with E-state index in [1.54, 1.807) is 33.2 Å². The fourth-order valence-electron chi connectivity index (χ4n) is 10.5. The number of Topliss-reactive ketones (excluding diaryl/α,β-unsaturated/α-hetero) is 1. The van der Waals surface area contributed by atoms with E-state index in [2.05, 4.69) is 19.2 Å². The first-order chi connectivity index (χ1) is 33.1. The van der Waals surface area contributed by atoms with Gasteiger partial charge in [0.15, 0.2) is 9.84 Å². The molecular weight excluding hydrogens is 909 g/mol. The lowest BCUT2D eigenvalue weighted by Crippen LogP contribution is -2.56. The standard InChI is InChI=1S/C55H88N4O10S/c1-12-40(6)45(30-33-58(9)55(65)51(38(2)3)56-54(64)52(39(4)5)57(8)31-21-29-50(62)63)48(68-10)35-49(61)59-32-20-27-46(59)53(69-11)41(7)47(60)28-19-26-44(34-42-22-15-13-16-23-42)37-70(66,67)36-43-24-17-14-18-25-43/h13-18,22-25,38-41,44-46,48,51-53H,12,19-21,26-37H2,1-11H3,(H,56,64)(H,62,63). The van der Waals surface area contributed by atoms with Gasteiger partial charge in [0, 0.05) is 53.1 Å². The lowest BCUT2D eigenvalue weighted by molar-refractivity contribution is -0.142. The van der Waals surface area contributed by atoms with Crippen molar-refractivity contribution in [1.82, 2.24) is 20.0 Å². The second kappa shape index (κ2) is 30.0. The third-order valence-corrected chi connectivity index (χ3v) is 16.4. The number of ketones is 1. The molecule has 0 radical (unpaired) electrons. The number of amides is 3. The van der Waals surface area contributed by atoms with Crippen LogP contribution < -0.4 is 5.32 Å². The van der Waals surface area contributed by atoms with Gasteiger partial charge < -0.3 is 29.7 Å². The predicted octanol–water partition coefficient (Wildman–Crippen LogP) is 7.72. The Kier molecular flexibility index (Phi) is 25.8. The van der Waals surface area contributed by atoms with Crippen LogP contribution in [0.5, 0.6) is 0 Å². The number of carboxylic acid groups (broad SMARTS) is 1. The summed E-state index contributed by atoms with van der Waals surface area (Å²) in [6, 6.07) is 17.5. The average molecular weight is 997 g/mol. The van der Waals surface area contributed by atoms with Gasteiger partial charge in [-0.1, -0.05) is 116 Å². The van der Waals surface area contributed by atoms with E-state index in [1.165, 1.54) is 0 Å². The number of rotatable bonds is 33. The van der Waals surface area contributed by atoms with Crippen molar-refractivity contribution in [1.29, 1.82) is 0 Å². The molecule has 0 bridgehead atoms. The largest absolute Gasteiger partial charge is 0.481 e. The third kappa shape index (κ3) is 19.1. The first kappa shape index (κ1) is 60.1. The van der Waals surface area contributed by atoms with Crippen LogP contribution in [0.25, 0.3) is 0 Å². The fraction of sp³-hybridized carbons (Fsp3) is 0.691. The van der Waals surface area contributed by atoms with Gasteiger partial charge in [0.2, 0.25) is 17.7 Å². The summed E-state index contributed by atoms with van der Waals surface area (Å²) >= 11 is 0. The van der Waals surface area contributed by atoms with Crippen LogP contribution in [-0.4, -0.2) is 142 Å². The minimum absolute atomic E-state index is 0.00764. The second-order valence-corrected chi connectivity index (χ2v) is 22.8. The molecule has 394 valence electrons. The zero-order chi connectivity index (χ0) is 52.1. The number of aliphatic carboxylic acids is 1. The number of carboxylic acids is 1. The highest BCUT2D eigenvalue weighted by atomic mass is 32.2. The van der Waals surface area contributed by atoms with Crippen molar-refractivity contribution in [2.24, 2.45) is 35.5 Å². The Hall–Kier alpha value is -4.18. The maximum absolute atomic E-state index is 14.4. The molecule has 3 amide bonds. The number of hydrogen-bond acceptors (Lipinski definition) is 10. The molecule has 1 aliphatic rings. The van der Waals surface area contributed by atoms with Gasteiger partial charge in [-0.25, -0.2) is 8.42 Å². The van der Waals surface area contributed by atoms with E-state index in [-0.39, 0.29) is 89.9 Å². The van der Waals surface area contributed by atoms with Crippen molar-refractivity contribution in [3.63, 3.8) is 0 Å². The minimum atomic E-state index is -3.41. The highest BCUT2D eigenvalue weighted by Crippen LogP contribution is 2.32. The van der Waals surface area contributed by atoms with Crippen LogP contribution in [0.1, 0.15) is 124 Å². The Balaban J connectivity index is 1.66. The lowest BCUT2D eigenvalue weighted by Gasteiger charge is -2.37. The number of carbonyl (C=O) groups excluding carboxylic acids is 4. The Morgan fingerprint density at radius 3 is 2.01 bits per heavy atom. The summed E-state index contributed by atoms with van der Waals surface area (Å²) in [5.74, 6) is -2.20. The Morgan fingerprint density at radius 1 is 0.829 bits per heavy atom. The maximum atomic E-state index is 14.4. The molecule has 2 N–H and O–H groups in total. The summed E-state index contributed by atoms with van der Waals surface area (Å²) in [7, 11) is 3.36. The molecule has 2 aromatic rings. The van der Waals surface area contributed by atoms with Crippen molar-refractivity contribution in [2.45, 2.75) is 155 Å². The molecule has 0 aliphatic carbocycles. The van der Waals surface area contributed by atoms with Crippen LogP contribution >= 0.6 is 0 Å². The highest BCUT2D eigenvalue weighted by molar-refractivity contribution is 7.90. The SMILES string of the molecule is CCC(C)C(CCN(C)C(=O)C(NC(=O)C(C(C)C)N(C)CCCC(=O)O)C(C)C)C(CC(=O)N1CCCC1C(OC)C(C)C(=O)CCCC(Cc1ccccc1)CS(=O)(=O)Cc1ccccc1)OC. The Morgan fingerprint density at radius 2 is 1.46 bits per heavy atom. The summed E-state index contributed by atoms with van der Waals surface area (Å²) < 4.78 is 39.0. The number of ether oxygens (including phenoxy) is 2. The fourth-order valence-corrected chi connectivity index (χ4v) is 12.3. The van der Waals surface area contributed by atoms with Gasteiger partial charge in [-0.05, 0) is 99.3 Å². The van der Waals surface area contributed by atoms with Crippen LogP contribution in [0, 0.1) is 35.5 Å². The van der Waals surface area contributed by atoms with Crippen molar-refractivity contribution in [3.05, 3.63) is 71.8 Å². The normalized spacial score (nSPS) is 17.7. The third-order valence-electron chi connectivity index (χ3n) is 14.6. The topological polar surface area (TPSA) is 180 Å². The first-order valence-electron chi connectivity index (χ1n) is 25.8. The Labute approximate surface area is 420 Å². The summed E-state index contributed by atoms with van der Waals surface area (Å²) in [6.45, 7) is 15.1. The maximum Gasteiger partial charge on any atom is 0.303 e. The summed E-state index contributed by atoms with van der Waals surface area (Å²) in [5.41, 5.74) is 1.82. The molecule has 1 aliphatic heterocycles. The van der Waals surface area contributed by atoms with E-state index < -0.39 is 46.0 Å². The van der Waals surface area contributed by atoms with Crippen LogP contribution in [0.4, 0.5) is 0 Å². The van der Waals surface area contributed by atoms with Crippen LogP contribution in [0.15, 0.2) is 60.7 Å². The van der Waals surface area contributed by atoms with Gasteiger partial charge in [0.05, 0.1) is 42.2 Å². The zero-order valence-corrected chi connectivity index (χ0v) is 45.1. The van der Waals surface area contributed by atoms with E-state index >= 15 is 0 Å². The number of carbonyl (C=O) groups is 5. The molecular formula is C55H88N4O10S. The number of sulfone groups is 1. The summed E-state index contributed by atoms with van der Waals surface area (Å²) in [4.78, 5) is 72.5. The Bertz CT molecular complexity index is 2020. The van der Waals surface area contributed by atoms with E-state index in [9.17, 15) is 32.4 Å². The molecule has 14 nitrogen and oxygen atoms in total. The molecule has 1 saturated heterocycles. The molecule has 1 fully saturated rings. The van der Waals surface area contributed by atoms with Crippen LogP contribution in [0.3, 0.4) is 0 Å². The summed E-state index contributed by atoms with van der Waals surface area (Å²) in [5, 5.41) is 12.1. The van der Waals surface area contributed by atoms with Crippen molar-refractivity contribution in [3.8, 4) is 0 Å². The number of hydrogen-bond donors (Lipinski definition) is 2. The molecule has 1 heterocycles. The van der Waals surface area contributed by atoms with Gasteiger partial charge in [-0.3, -0.25) is 28.9 Å². The molecule has 0 aromatic heterocycles. The minimum Gasteiger partial charge on any atom is -0.481 e. The van der Waals surface area contributed by atoms with Gasteiger partial charge in [0.1, 0.15) is 11.8 Å². The molecule has 70 heavy (non-hydrogen) atoms. The zero-order valence-electron chi connectivity index (χ0n) is 44.3. The molecule has 0 saturated carbocycles. The monoisotopic (exact) mass is 997 g/mol. The molecule has 9 atom stereocenters.